The van der Waals surface area contributed by atoms with Crippen LogP contribution in [0.3, 0.4) is 0 Å². The molecule has 3 aromatic carbocycles. The zero-order chi connectivity index (χ0) is 58.9. The number of nitrogens with zero attached hydrogens (tertiary/aromatic N) is 3. The Bertz CT molecular complexity index is 3290. The number of allylic oxidation sites excluding steroid dienone is 4. The molecular weight excluding hydrogens is 1190 g/mol. The first-order chi connectivity index (χ1) is 38.1. The zero-order valence-corrected chi connectivity index (χ0v) is 52.7. The van der Waals surface area contributed by atoms with E-state index in [0.29, 0.717) is 42.1 Å². The molecule has 0 radical (unpaired) electrons. The molecule has 1 unspecified atom stereocenters. The van der Waals surface area contributed by atoms with Gasteiger partial charge in [-0.2, -0.15) is 0 Å². The molecule has 3 aromatic heterocycles. The lowest BCUT2D eigenvalue weighted by molar-refractivity contribution is -0.133. The van der Waals surface area contributed by atoms with E-state index < -0.39 is 30.5 Å². The fourth-order valence-corrected chi connectivity index (χ4v) is 14.2. The predicted octanol–water partition coefficient (Wildman–Crippen LogP) is 14.4. The van der Waals surface area contributed by atoms with Crippen molar-refractivity contribution in [3.8, 4) is 0 Å². The molecule has 2 amide bonds. The van der Waals surface area contributed by atoms with Crippen molar-refractivity contribution in [3.63, 3.8) is 0 Å². The van der Waals surface area contributed by atoms with Crippen LogP contribution in [-0.4, -0.2) is 72.9 Å². The van der Waals surface area contributed by atoms with E-state index in [-0.39, 0.29) is 34.2 Å². The van der Waals surface area contributed by atoms with Crippen molar-refractivity contribution < 1.29 is 43.5 Å². The Labute approximate surface area is 502 Å². The first-order valence-electron chi connectivity index (χ1n) is 27.5. The molecule has 5 aliphatic carbocycles. The Morgan fingerprint density at radius 1 is 0.679 bits per heavy atom. The number of anilines is 2. The molecule has 1 atom stereocenters. The van der Waals surface area contributed by atoms with Gasteiger partial charge >= 0.3 is 19.3 Å². The fraction of sp³-hybridized carbons (Fsp3) is 0.452. The summed E-state index contributed by atoms with van der Waals surface area (Å²) in [7, 11) is -1.40. The minimum atomic E-state index is -1.40. The smallest absolute Gasteiger partial charge is 0.444 e. The number of aryl methyl sites for hydroxylation is 1. The van der Waals surface area contributed by atoms with Gasteiger partial charge in [0.25, 0.3) is 0 Å². The monoisotopic (exact) mass is 1270 g/mol. The summed E-state index contributed by atoms with van der Waals surface area (Å²) in [5, 5.41) is 25.4. The van der Waals surface area contributed by atoms with Crippen molar-refractivity contribution in [2.24, 2.45) is 10.8 Å². The van der Waals surface area contributed by atoms with Crippen molar-refractivity contribution in [1.82, 2.24) is 15.0 Å². The number of fused-ring (bicyclic) bond motifs is 6. The van der Waals surface area contributed by atoms with Gasteiger partial charge in [0.05, 0.1) is 38.9 Å². The number of ether oxygens (including phenoxy) is 2. The Hall–Kier alpha value is -5.45. The number of benzene rings is 3. The molecule has 19 heteroatoms. The van der Waals surface area contributed by atoms with Crippen molar-refractivity contribution >= 4 is 127 Å². The second kappa shape index (κ2) is 26.9. The molecule has 11 rings (SSSR count). The molecule has 14 nitrogen and oxygen atoms in total. The number of halogens is 1. The molecule has 1 saturated carbocycles. The molecule has 0 bridgehead atoms. The lowest BCUT2D eigenvalue weighted by Crippen LogP contribution is -2.44. The minimum absolute atomic E-state index is 0.0683. The highest BCUT2D eigenvalue weighted by Crippen LogP contribution is 2.57. The summed E-state index contributed by atoms with van der Waals surface area (Å²) in [5.74, 6) is 1.75. The molecule has 5 aliphatic rings. The van der Waals surface area contributed by atoms with E-state index in [1.54, 1.807) is 39.8 Å². The third-order valence-corrected chi connectivity index (χ3v) is 17.9. The molecule has 81 heavy (non-hydrogen) atoms. The minimum Gasteiger partial charge on any atom is -0.444 e. The van der Waals surface area contributed by atoms with Crippen LogP contribution >= 0.6 is 56.6 Å². The molecule has 0 aliphatic heterocycles. The molecule has 6 aromatic rings. The topological polar surface area (TPSA) is 207 Å². The van der Waals surface area contributed by atoms with Gasteiger partial charge in [0, 0.05) is 36.1 Å². The molecule has 0 saturated heterocycles. The number of hydrogen-bond donors (Lipinski definition) is 4. The number of thiazole rings is 3. The van der Waals surface area contributed by atoms with Gasteiger partial charge < -0.3 is 19.5 Å². The maximum Gasteiger partial charge on any atom is 0.489 e. The number of hydrogen-bond acceptors (Lipinski definition) is 15. The zero-order valence-electron chi connectivity index (χ0n) is 48.1. The van der Waals surface area contributed by atoms with Crippen LogP contribution in [0.2, 0.25) is 0 Å². The van der Waals surface area contributed by atoms with E-state index in [9.17, 15) is 24.0 Å². The summed E-state index contributed by atoms with van der Waals surface area (Å²) in [5.41, 5.74) is 12.5. The van der Waals surface area contributed by atoms with Crippen LogP contribution in [0.4, 0.5) is 21.2 Å². The number of nitrogens with one attached hydrogen (secondary N) is 2. The number of carbonyl (C=O) groups is 5. The summed E-state index contributed by atoms with van der Waals surface area (Å²) in [6.45, 7) is 19.4. The normalized spacial score (nSPS) is 18.7. The molecule has 4 N–H and O–H groups in total. The highest BCUT2D eigenvalue weighted by Gasteiger charge is 2.52. The van der Waals surface area contributed by atoms with Gasteiger partial charge in [-0.1, -0.05) is 106 Å². The van der Waals surface area contributed by atoms with Crippen LogP contribution in [0.5, 0.6) is 0 Å². The van der Waals surface area contributed by atoms with Gasteiger partial charge in [0.1, 0.15) is 25.7 Å². The molecular formula is C62H75BIN5O9S3. The van der Waals surface area contributed by atoms with Gasteiger partial charge in [-0.15, -0.1) is 34.0 Å². The van der Waals surface area contributed by atoms with Gasteiger partial charge in [0.15, 0.2) is 17.4 Å². The van der Waals surface area contributed by atoms with E-state index in [1.807, 2.05) is 97.3 Å². The maximum absolute atomic E-state index is 13.4. The first-order valence-corrected chi connectivity index (χ1v) is 31.2. The average molecular weight is 1270 g/mol. The third kappa shape index (κ3) is 17.1. The summed E-state index contributed by atoms with van der Waals surface area (Å²) >= 11 is 6.90. The number of aromatic nitrogens is 3. The van der Waals surface area contributed by atoms with Crippen LogP contribution in [-0.2, 0) is 42.1 Å². The maximum atomic E-state index is 13.4. The van der Waals surface area contributed by atoms with E-state index in [1.165, 1.54) is 57.0 Å². The number of Topliss-reactive ketones (excluding diaryl/α,β-unsaturated/α-hetero) is 3. The van der Waals surface area contributed by atoms with E-state index in [0.717, 1.165) is 69.1 Å². The van der Waals surface area contributed by atoms with Crippen molar-refractivity contribution in [2.45, 2.75) is 169 Å². The van der Waals surface area contributed by atoms with E-state index >= 15 is 0 Å². The quantitative estimate of drug-likeness (QED) is 0.0739. The Kier molecular flexibility index (Phi) is 20.9. The van der Waals surface area contributed by atoms with Crippen LogP contribution < -0.4 is 16.1 Å². The van der Waals surface area contributed by atoms with Crippen molar-refractivity contribution in [1.29, 1.82) is 0 Å². The second-order valence-electron chi connectivity index (χ2n) is 24.6. The first kappa shape index (κ1) is 63.1. The summed E-state index contributed by atoms with van der Waals surface area (Å²) in [4.78, 5) is 73.5. The van der Waals surface area contributed by atoms with Gasteiger partial charge in [0.2, 0.25) is 0 Å². The largest absolute Gasteiger partial charge is 0.489 e. The second-order valence-corrected chi connectivity index (χ2v) is 29.0. The van der Waals surface area contributed by atoms with Gasteiger partial charge in [-0.25, -0.2) is 24.5 Å². The average Bonchev–Trinajstić information content (AvgIpc) is 2.20. The third-order valence-electron chi connectivity index (χ3n) is 14.0. The van der Waals surface area contributed by atoms with Crippen LogP contribution in [0, 0.1) is 13.7 Å². The number of rotatable bonds is 4. The fourth-order valence-electron chi connectivity index (χ4n) is 11.2. The Balaban J connectivity index is 0.000000152. The predicted molar refractivity (Wildman–Crippen MR) is 336 cm³/mol. The molecule has 1 fully saturated rings. The Morgan fingerprint density at radius 3 is 1.91 bits per heavy atom. The number of carbonyl (C=O) groups excluding carboxylic acids is 5. The Morgan fingerprint density at radius 2 is 1.28 bits per heavy atom. The molecule has 430 valence electrons. The SMILES string of the molecule is CC(C)(C)OC(=O)Nc1ncsc1C1=CCCCC1.CC(C)(C)OC(=O)Nc1ncsc1I.CC1(C)CC(=O)C2=C(Cc3ncsc3C23CCCc2ccccc23)C1.CC1(C)CC(=O)CC(=O)C1.OB(O)c1cccc2ccccc12. The number of ketones is 3. The summed E-state index contributed by atoms with van der Waals surface area (Å²) in [6, 6.07) is 21.9. The summed E-state index contributed by atoms with van der Waals surface area (Å²) in [6.07, 6.45) is 13.1. The van der Waals surface area contributed by atoms with Gasteiger partial charge in [-0.3, -0.25) is 25.0 Å². The van der Waals surface area contributed by atoms with Crippen LogP contribution in [0.1, 0.15) is 166 Å². The molecule has 3 heterocycles. The lowest BCUT2D eigenvalue weighted by atomic mass is 9.56. The lowest BCUT2D eigenvalue weighted by Gasteiger charge is -2.47. The van der Waals surface area contributed by atoms with Gasteiger partial charge in [-0.05, 0) is 159 Å². The highest BCUT2D eigenvalue weighted by atomic mass is 127. The summed E-state index contributed by atoms with van der Waals surface area (Å²) < 4.78 is 11.3. The highest BCUT2D eigenvalue weighted by molar-refractivity contribution is 14.1. The number of amides is 2. The standard InChI is InChI=1S/C22H23NOS.C14H20N2O2S.C10H9BO2.C8H11IN2O2S.C8H12O2/c1-21(2)11-15-10-17-20(25-13-23-17)22(19(15)18(24)12-21)9-5-7-14-6-3-4-8-16(14)22;1-14(2,3)18-13(17)16-12-11(19-9-15-12)10-7-5-4-6-8-10;12-11(13)10-7-3-5-8-4-1-2-6-9(8)10;1-8(2,3)13-7(12)11-6-5(9)14-4-10-6;1-8(2)4-6(9)3-7(10)5-8/h3-4,6,8,13H,5,7,9-12H2,1-2H3;7,9H,4-6,8H2,1-3H3,(H,16,17);1-7,12-13H;4H,1-3H3,(H,11,12);3-5H2,1-2H3. The van der Waals surface area contributed by atoms with E-state index in [4.69, 9.17) is 24.5 Å². The molecule has 1 spiro atoms. The van der Waals surface area contributed by atoms with Crippen LogP contribution in [0.15, 0.2) is 100 Å². The van der Waals surface area contributed by atoms with Crippen LogP contribution in [0.25, 0.3) is 16.3 Å². The van der Waals surface area contributed by atoms with Crippen molar-refractivity contribution in [3.05, 3.63) is 130 Å². The van der Waals surface area contributed by atoms with Crippen molar-refractivity contribution in [2.75, 3.05) is 10.6 Å². The van der Waals surface area contributed by atoms with E-state index in [2.05, 4.69) is 87.4 Å².